The maximum absolute atomic E-state index is 12.5. The lowest BCUT2D eigenvalue weighted by atomic mass is 9.64. The van der Waals surface area contributed by atoms with Gasteiger partial charge in [0.15, 0.2) is 5.65 Å². The molecule has 0 bridgehead atoms. The van der Waals surface area contributed by atoms with Crippen LogP contribution in [-0.4, -0.2) is 20.9 Å². The van der Waals surface area contributed by atoms with Gasteiger partial charge in [0.25, 0.3) is 5.91 Å². The van der Waals surface area contributed by atoms with Crippen molar-refractivity contribution in [2.24, 2.45) is 0 Å². The largest absolute Gasteiger partial charge is 0.340 e. The number of hydrogen-bond donors (Lipinski definition) is 2. The SMILES string of the molecule is CC.O=C(Nc1ccc(C2(c3nc4ncc(Br)cc4[nH]3)CCC2)cc1)c1cccc(Cl)c1. The summed E-state index contributed by atoms with van der Waals surface area (Å²) in [4.78, 5) is 25.1. The number of aromatic amines is 1. The number of nitrogens with one attached hydrogen (secondary N) is 2. The maximum atomic E-state index is 12.5. The summed E-state index contributed by atoms with van der Waals surface area (Å²) in [5, 5.41) is 3.47. The monoisotopic (exact) mass is 510 g/mol. The predicted octanol–water partition coefficient (Wildman–Crippen LogP) is 7.12. The van der Waals surface area contributed by atoms with E-state index in [4.69, 9.17) is 16.6 Å². The second kappa shape index (κ2) is 9.43. The number of H-pyrrole nitrogens is 1. The number of pyridine rings is 1. The van der Waals surface area contributed by atoms with Crippen LogP contribution in [0.25, 0.3) is 11.2 Å². The average Bonchev–Trinajstić information content (AvgIpc) is 3.18. The summed E-state index contributed by atoms with van der Waals surface area (Å²) in [6.07, 6.45) is 4.98. The molecule has 0 atom stereocenters. The predicted molar refractivity (Wildman–Crippen MR) is 133 cm³/mol. The minimum absolute atomic E-state index is 0.136. The minimum Gasteiger partial charge on any atom is -0.340 e. The molecule has 1 saturated carbocycles. The molecule has 2 aromatic heterocycles. The van der Waals surface area contributed by atoms with E-state index in [1.54, 1.807) is 30.5 Å². The molecule has 0 aliphatic heterocycles. The molecule has 2 heterocycles. The van der Waals surface area contributed by atoms with Crippen molar-refractivity contribution in [2.75, 3.05) is 5.32 Å². The van der Waals surface area contributed by atoms with E-state index in [2.05, 4.69) is 43.3 Å². The van der Waals surface area contributed by atoms with Gasteiger partial charge in [0.2, 0.25) is 0 Å². The Morgan fingerprint density at radius 2 is 1.88 bits per heavy atom. The van der Waals surface area contributed by atoms with Crippen LogP contribution in [-0.2, 0) is 5.41 Å². The van der Waals surface area contributed by atoms with Crippen molar-refractivity contribution in [2.45, 2.75) is 38.5 Å². The summed E-state index contributed by atoms with van der Waals surface area (Å²) in [7, 11) is 0. The molecule has 32 heavy (non-hydrogen) atoms. The van der Waals surface area contributed by atoms with Gasteiger partial charge in [-0.2, -0.15) is 0 Å². The number of halogens is 2. The zero-order valence-corrected chi connectivity index (χ0v) is 20.3. The minimum atomic E-state index is -0.183. The average molecular weight is 512 g/mol. The second-order valence-corrected chi connectivity index (χ2v) is 8.94. The maximum Gasteiger partial charge on any atom is 0.255 e. The molecule has 1 aliphatic carbocycles. The highest BCUT2D eigenvalue weighted by molar-refractivity contribution is 9.10. The number of rotatable bonds is 4. The molecule has 5 nitrogen and oxygen atoms in total. The van der Waals surface area contributed by atoms with Crippen molar-refractivity contribution in [3.05, 3.63) is 87.2 Å². The Morgan fingerprint density at radius 3 is 2.53 bits per heavy atom. The van der Waals surface area contributed by atoms with Gasteiger partial charge in [0, 0.05) is 26.9 Å². The van der Waals surface area contributed by atoms with Gasteiger partial charge < -0.3 is 10.3 Å². The van der Waals surface area contributed by atoms with Crippen LogP contribution >= 0.6 is 27.5 Å². The molecule has 0 radical (unpaired) electrons. The molecule has 1 fully saturated rings. The molecule has 1 aliphatic rings. The number of carbonyl (C=O) groups is 1. The summed E-state index contributed by atoms with van der Waals surface area (Å²) >= 11 is 9.45. The Kier molecular flexibility index (Phi) is 6.63. The van der Waals surface area contributed by atoms with Gasteiger partial charge in [-0.15, -0.1) is 0 Å². The summed E-state index contributed by atoms with van der Waals surface area (Å²) in [5.41, 5.74) is 3.98. The first-order valence-corrected chi connectivity index (χ1v) is 11.9. The van der Waals surface area contributed by atoms with E-state index in [1.807, 2.05) is 32.0 Å². The van der Waals surface area contributed by atoms with Crippen LogP contribution in [0.15, 0.2) is 65.3 Å². The van der Waals surface area contributed by atoms with E-state index in [9.17, 15) is 4.79 Å². The smallest absolute Gasteiger partial charge is 0.255 e. The number of nitrogens with zero attached hydrogens (tertiary/aromatic N) is 2. The number of aromatic nitrogens is 3. The second-order valence-electron chi connectivity index (χ2n) is 7.59. The van der Waals surface area contributed by atoms with Gasteiger partial charge in [-0.3, -0.25) is 4.79 Å². The fourth-order valence-electron chi connectivity index (χ4n) is 4.00. The Bertz CT molecular complexity index is 1250. The molecule has 2 aromatic carbocycles. The van der Waals surface area contributed by atoms with E-state index in [0.29, 0.717) is 10.6 Å². The summed E-state index contributed by atoms with van der Waals surface area (Å²) in [5.74, 6) is 0.766. The zero-order chi connectivity index (χ0) is 22.7. The van der Waals surface area contributed by atoms with Crippen LogP contribution in [0.1, 0.15) is 54.9 Å². The van der Waals surface area contributed by atoms with Crippen molar-refractivity contribution in [3.8, 4) is 0 Å². The normalized spacial score (nSPS) is 14.2. The molecule has 7 heteroatoms. The number of anilines is 1. The van der Waals surface area contributed by atoms with Gasteiger partial charge >= 0.3 is 0 Å². The number of amides is 1. The number of imidazole rings is 1. The van der Waals surface area contributed by atoms with E-state index in [1.165, 1.54) is 5.56 Å². The van der Waals surface area contributed by atoms with E-state index >= 15 is 0 Å². The molecule has 5 rings (SSSR count). The highest BCUT2D eigenvalue weighted by atomic mass is 79.9. The highest BCUT2D eigenvalue weighted by Crippen LogP contribution is 2.48. The first kappa shape index (κ1) is 22.5. The third-order valence-corrected chi connectivity index (χ3v) is 6.42. The lowest BCUT2D eigenvalue weighted by molar-refractivity contribution is 0.102. The third-order valence-electron chi connectivity index (χ3n) is 5.75. The Hall–Kier alpha value is -2.70. The van der Waals surface area contributed by atoms with Crippen LogP contribution in [0.2, 0.25) is 5.02 Å². The van der Waals surface area contributed by atoms with Gasteiger partial charge in [0.1, 0.15) is 5.82 Å². The molecule has 1 amide bonds. The quantitative estimate of drug-likeness (QED) is 0.306. The number of fused-ring (bicyclic) bond motifs is 1. The molecule has 2 N–H and O–H groups in total. The molecule has 0 saturated heterocycles. The first-order valence-electron chi connectivity index (χ1n) is 10.7. The van der Waals surface area contributed by atoms with Crippen LogP contribution in [0.5, 0.6) is 0 Å². The molecular weight excluding hydrogens is 488 g/mol. The molecule has 164 valence electrons. The Morgan fingerprint density at radius 1 is 1.12 bits per heavy atom. The van der Waals surface area contributed by atoms with Crippen molar-refractivity contribution < 1.29 is 4.79 Å². The number of benzene rings is 2. The standard InChI is InChI=1S/C23H18BrClN4O.C2H6/c24-16-12-19-20(26-13-16)29-22(28-19)23(9-2-10-23)15-5-7-18(8-6-15)27-21(30)14-3-1-4-17(25)11-14;1-2/h1,3-8,11-13H,2,9-10H2,(H,27,30)(H,26,28,29);1-2H3. The van der Waals surface area contributed by atoms with Crippen LogP contribution in [0, 0.1) is 0 Å². The summed E-state index contributed by atoms with van der Waals surface area (Å²) in [6.45, 7) is 4.00. The van der Waals surface area contributed by atoms with E-state index < -0.39 is 0 Å². The third kappa shape index (κ3) is 4.30. The molecule has 0 unspecified atom stereocenters. The van der Waals surface area contributed by atoms with Gasteiger partial charge in [-0.05, 0) is 70.7 Å². The zero-order valence-electron chi connectivity index (χ0n) is 18.0. The van der Waals surface area contributed by atoms with Gasteiger partial charge in [-0.1, -0.05) is 50.1 Å². The van der Waals surface area contributed by atoms with E-state index in [0.717, 1.165) is 46.4 Å². The van der Waals surface area contributed by atoms with Crippen molar-refractivity contribution in [3.63, 3.8) is 0 Å². The summed E-state index contributed by atoms with van der Waals surface area (Å²) in [6, 6.07) is 16.9. The Balaban J connectivity index is 0.00000119. The van der Waals surface area contributed by atoms with Crippen LogP contribution < -0.4 is 5.32 Å². The topological polar surface area (TPSA) is 70.7 Å². The van der Waals surface area contributed by atoms with E-state index in [-0.39, 0.29) is 11.3 Å². The van der Waals surface area contributed by atoms with Gasteiger partial charge in [-0.25, -0.2) is 9.97 Å². The van der Waals surface area contributed by atoms with Crippen LogP contribution in [0.4, 0.5) is 5.69 Å². The van der Waals surface area contributed by atoms with Crippen molar-refractivity contribution >= 4 is 50.3 Å². The van der Waals surface area contributed by atoms with Crippen molar-refractivity contribution in [1.29, 1.82) is 0 Å². The van der Waals surface area contributed by atoms with Crippen molar-refractivity contribution in [1.82, 2.24) is 15.0 Å². The Labute approximate surface area is 200 Å². The summed E-state index contributed by atoms with van der Waals surface area (Å²) < 4.78 is 0.924. The highest BCUT2D eigenvalue weighted by Gasteiger charge is 2.43. The lowest BCUT2D eigenvalue weighted by Gasteiger charge is -2.40. The fraction of sp³-hybridized carbons (Fsp3) is 0.240. The first-order chi connectivity index (χ1) is 15.5. The number of carbonyl (C=O) groups excluding carboxylic acids is 1. The number of hydrogen-bond acceptors (Lipinski definition) is 3. The molecule has 4 aromatic rings. The lowest BCUT2D eigenvalue weighted by Crippen LogP contribution is -2.36. The van der Waals surface area contributed by atoms with Crippen LogP contribution in [0.3, 0.4) is 0 Å². The molecular formula is C25H24BrClN4O. The fourth-order valence-corrected chi connectivity index (χ4v) is 4.52. The molecule has 0 spiro atoms. The van der Waals surface area contributed by atoms with Gasteiger partial charge in [0.05, 0.1) is 10.9 Å².